The SMILES string of the molecule is CC(C)[Si](C(C)C)(C(C)C)n1cc(C2CCN(C)CC2)c2ccc(Nc3ccc4c(c3)OCC(=O)C4)cc21. The molecule has 5 nitrogen and oxygen atoms in total. The van der Waals surface area contributed by atoms with E-state index in [-0.39, 0.29) is 12.4 Å². The second-order valence-electron chi connectivity index (χ2n) is 12.6. The Bertz CT molecular complexity index is 1300. The largest absolute Gasteiger partial charge is 0.485 e. The van der Waals surface area contributed by atoms with E-state index >= 15 is 0 Å². The summed E-state index contributed by atoms with van der Waals surface area (Å²) in [5.74, 6) is 1.57. The maximum absolute atomic E-state index is 11.8. The van der Waals surface area contributed by atoms with Crippen LogP contribution in [0.25, 0.3) is 10.9 Å². The Labute approximate surface area is 229 Å². The molecule has 2 aliphatic heterocycles. The van der Waals surface area contributed by atoms with Crippen molar-refractivity contribution in [2.75, 3.05) is 32.1 Å². The van der Waals surface area contributed by atoms with Crippen molar-refractivity contribution in [2.45, 2.75) is 83.3 Å². The number of rotatable bonds is 7. The zero-order valence-corrected chi connectivity index (χ0v) is 25.3. The number of nitrogens with one attached hydrogen (secondary N) is 1. The summed E-state index contributed by atoms with van der Waals surface area (Å²) in [6.45, 7) is 17.2. The molecule has 1 fully saturated rings. The molecule has 0 saturated carbocycles. The zero-order valence-electron chi connectivity index (χ0n) is 24.3. The maximum atomic E-state index is 11.8. The number of carbonyl (C=O) groups excluding carboxylic acids is 1. The van der Waals surface area contributed by atoms with Crippen LogP contribution in [-0.4, -0.2) is 49.9 Å². The number of benzene rings is 2. The summed E-state index contributed by atoms with van der Waals surface area (Å²) in [5, 5.41) is 5.08. The summed E-state index contributed by atoms with van der Waals surface area (Å²) >= 11 is 0. The minimum atomic E-state index is -1.94. The van der Waals surface area contributed by atoms with Crippen molar-refractivity contribution in [1.29, 1.82) is 0 Å². The molecule has 2 aliphatic rings. The smallest absolute Gasteiger partial charge is 0.174 e. The molecule has 0 unspecified atom stereocenters. The van der Waals surface area contributed by atoms with Gasteiger partial charge in [0.05, 0.1) is 0 Å². The van der Waals surface area contributed by atoms with Gasteiger partial charge in [-0.1, -0.05) is 53.7 Å². The number of ketones is 1. The third-order valence-corrected chi connectivity index (χ3v) is 16.1. The predicted octanol–water partition coefficient (Wildman–Crippen LogP) is 7.72. The van der Waals surface area contributed by atoms with Gasteiger partial charge in [0.2, 0.25) is 0 Å². The highest BCUT2D eigenvalue weighted by Gasteiger charge is 2.46. The summed E-state index contributed by atoms with van der Waals surface area (Å²) in [5.41, 5.74) is 7.86. The highest BCUT2D eigenvalue weighted by molar-refractivity contribution is 6.82. The molecule has 0 spiro atoms. The molecule has 1 aromatic heterocycles. The lowest BCUT2D eigenvalue weighted by atomic mass is 9.89. The van der Waals surface area contributed by atoms with E-state index in [1.165, 1.54) is 36.8 Å². The molecule has 6 heteroatoms. The van der Waals surface area contributed by atoms with Gasteiger partial charge in [-0.3, -0.25) is 4.79 Å². The minimum absolute atomic E-state index is 0.137. The molecule has 1 N–H and O–H groups in total. The lowest BCUT2D eigenvalue weighted by Crippen LogP contribution is -2.51. The number of aromatic nitrogens is 1. The van der Waals surface area contributed by atoms with Crippen LogP contribution >= 0.6 is 0 Å². The first-order valence-corrected chi connectivity index (χ1v) is 16.7. The molecule has 0 radical (unpaired) electrons. The van der Waals surface area contributed by atoms with Gasteiger partial charge in [0.1, 0.15) is 12.4 Å². The number of hydrogen-bond donors (Lipinski definition) is 1. The van der Waals surface area contributed by atoms with Crippen LogP contribution in [0.5, 0.6) is 5.75 Å². The topological polar surface area (TPSA) is 46.5 Å². The van der Waals surface area contributed by atoms with Gasteiger partial charge in [-0.2, -0.15) is 0 Å². The average Bonchev–Trinajstić information content (AvgIpc) is 3.23. The van der Waals surface area contributed by atoms with E-state index in [0.29, 0.717) is 29.0 Å². The fraction of sp³-hybridized carbons (Fsp3) is 0.531. The van der Waals surface area contributed by atoms with Crippen LogP contribution in [0.4, 0.5) is 11.4 Å². The number of anilines is 2. The third kappa shape index (κ3) is 4.71. The van der Waals surface area contributed by atoms with E-state index in [4.69, 9.17) is 4.74 Å². The van der Waals surface area contributed by atoms with Gasteiger partial charge < -0.3 is 19.2 Å². The number of piperidine rings is 1. The van der Waals surface area contributed by atoms with Gasteiger partial charge in [0.25, 0.3) is 0 Å². The van der Waals surface area contributed by atoms with E-state index in [9.17, 15) is 4.79 Å². The van der Waals surface area contributed by atoms with Crippen molar-refractivity contribution in [1.82, 2.24) is 9.13 Å². The van der Waals surface area contributed by atoms with Crippen LogP contribution < -0.4 is 10.1 Å². The van der Waals surface area contributed by atoms with Crippen molar-refractivity contribution >= 4 is 36.3 Å². The Kier molecular flexibility index (Phi) is 7.49. The first-order chi connectivity index (χ1) is 18.1. The standard InChI is InChI=1S/C32H45N3O2Si/c1-21(2)38(22(3)4,23(5)6)35-19-30(24-12-14-34(7)15-13-24)29-11-10-26(17-31(29)35)33-27-9-8-25-16-28(36)20-37-32(25)18-27/h8-11,17-19,21-24,33H,12-16,20H2,1-7H3. The van der Waals surface area contributed by atoms with Gasteiger partial charge >= 0.3 is 0 Å². The number of Topliss-reactive ketones (excluding diaryl/α,β-unsaturated/α-hetero) is 1. The van der Waals surface area contributed by atoms with Crippen molar-refractivity contribution in [2.24, 2.45) is 0 Å². The Morgan fingerprint density at radius 3 is 2.21 bits per heavy atom. The van der Waals surface area contributed by atoms with Gasteiger partial charge in [0.15, 0.2) is 14.0 Å². The molecule has 38 heavy (non-hydrogen) atoms. The summed E-state index contributed by atoms with van der Waals surface area (Å²) in [6.07, 6.45) is 5.50. The molecule has 0 bridgehead atoms. The molecule has 0 atom stereocenters. The second kappa shape index (κ2) is 10.5. The van der Waals surface area contributed by atoms with Gasteiger partial charge in [-0.15, -0.1) is 0 Å². The quantitative estimate of drug-likeness (QED) is 0.317. The molecule has 2 aromatic carbocycles. The van der Waals surface area contributed by atoms with E-state index in [1.807, 2.05) is 12.1 Å². The molecule has 0 amide bonds. The molecule has 5 rings (SSSR count). The molecule has 3 aromatic rings. The van der Waals surface area contributed by atoms with Crippen LogP contribution in [0.1, 0.15) is 71.4 Å². The summed E-state index contributed by atoms with van der Waals surface area (Å²) in [7, 11) is 0.306. The Morgan fingerprint density at radius 2 is 1.55 bits per heavy atom. The lowest BCUT2D eigenvalue weighted by molar-refractivity contribution is -0.121. The minimum Gasteiger partial charge on any atom is -0.485 e. The molecule has 3 heterocycles. The van der Waals surface area contributed by atoms with Gasteiger partial charge in [-0.25, -0.2) is 0 Å². The molecular weight excluding hydrogens is 486 g/mol. The highest BCUT2D eigenvalue weighted by Crippen LogP contribution is 2.47. The Morgan fingerprint density at radius 1 is 0.921 bits per heavy atom. The molecule has 0 aliphatic carbocycles. The fourth-order valence-electron chi connectivity index (χ4n) is 7.63. The second-order valence-corrected chi connectivity index (χ2v) is 18.3. The lowest BCUT2D eigenvalue weighted by Gasteiger charge is -2.44. The summed E-state index contributed by atoms with van der Waals surface area (Å²) in [6, 6.07) is 13.1. The van der Waals surface area contributed by atoms with Crippen LogP contribution in [0.15, 0.2) is 42.6 Å². The fourth-order valence-corrected chi connectivity index (χ4v) is 14.3. The number of hydrogen-bond acceptors (Lipinski definition) is 4. The molecular formula is C32H45N3O2Si. The normalized spacial score (nSPS) is 17.5. The summed E-state index contributed by atoms with van der Waals surface area (Å²) in [4.78, 5) is 14.2. The van der Waals surface area contributed by atoms with Crippen LogP contribution in [0, 0.1) is 0 Å². The number of carbonyl (C=O) groups is 1. The average molecular weight is 532 g/mol. The number of likely N-dealkylation sites (tertiary alicyclic amines) is 1. The Hall–Kier alpha value is -2.57. The maximum Gasteiger partial charge on any atom is 0.174 e. The van der Waals surface area contributed by atoms with Crippen molar-refractivity contribution < 1.29 is 9.53 Å². The zero-order chi connectivity index (χ0) is 27.2. The number of nitrogens with zero attached hydrogens (tertiary/aromatic N) is 2. The van der Waals surface area contributed by atoms with Crippen LogP contribution in [0.3, 0.4) is 0 Å². The Balaban J connectivity index is 1.60. The summed E-state index contributed by atoms with van der Waals surface area (Å²) < 4.78 is 8.51. The van der Waals surface area contributed by atoms with E-state index in [1.54, 1.807) is 5.56 Å². The first kappa shape index (κ1) is 27.0. The van der Waals surface area contributed by atoms with Crippen LogP contribution in [-0.2, 0) is 11.2 Å². The van der Waals surface area contributed by atoms with Crippen molar-refractivity contribution in [3.8, 4) is 5.75 Å². The number of fused-ring (bicyclic) bond motifs is 2. The predicted molar refractivity (Wildman–Crippen MR) is 162 cm³/mol. The molecule has 204 valence electrons. The van der Waals surface area contributed by atoms with Crippen molar-refractivity contribution in [3.63, 3.8) is 0 Å². The molecule has 1 saturated heterocycles. The third-order valence-electron chi connectivity index (χ3n) is 9.32. The van der Waals surface area contributed by atoms with Crippen molar-refractivity contribution in [3.05, 3.63) is 53.7 Å². The van der Waals surface area contributed by atoms with Gasteiger partial charge in [0, 0.05) is 40.3 Å². The van der Waals surface area contributed by atoms with E-state index in [0.717, 1.165) is 22.7 Å². The highest BCUT2D eigenvalue weighted by atomic mass is 28.3. The van der Waals surface area contributed by atoms with E-state index < -0.39 is 8.24 Å². The monoisotopic (exact) mass is 531 g/mol. The van der Waals surface area contributed by atoms with Gasteiger partial charge in [-0.05, 0) is 85.5 Å². The van der Waals surface area contributed by atoms with Crippen LogP contribution in [0.2, 0.25) is 16.6 Å². The number of ether oxygens (including phenoxy) is 1. The van der Waals surface area contributed by atoms with E-state index in [2.05, 4.69) is 93.5 Å². The first-order valence-electron chi connectivity index (χ1n) is 14.5.